The van der Waals surface area contributed by atoms with E-state index in [4.69, 9.17) is 18.9 Å². The number of hydrogen-bond donors (Lipinski definition) is 0. The molecular formula is C17H19BrO4. The summed E-state index contributed by atoms with van der Waals surface area (Å²) in [6.07, 6.45) is 0.737. The Morgan fingerprint density at radius 3 is 1.86 bits per heavy atom. The van der Waals surface area contributed by atoms with Crippen LogP contribution in [0.25, 0.3) is 0 Å². The highest BCUT2D eigenvalue weighted by Crippen LogP contribution is 2.35. The summed E-state index contributed by atoms with van der Waals surface area (Å²) < 4.78 is 22.2. The van der Waals surface area contributed by atoms with Crippen LogP contribution in [-0.4, -0.2) is 28.4 Å². The van der Waals surface area contributed by atoms with Crippen LogP contribution in [0, 0.1) is 0 Å². The Labute approximate surface area is 139 Å². The van der Waals surface area contributed by atoms with Crippen molar-refractivity contribution in [1.29, 1.82) is 0 Å². The van der Waals surface area contributed by atoms with Gasteiger partial charge in [-0.25, -0.2) is 0 Å². The number of benzene rings is 2. The van der Waals surface area contributed by atoms with Gasteiger partial charge in [-0.05, 0) is 41.8 Å². The van der Waals surface area contributed by atoms with Crippen molar-refractivity contribution in [2.75, 3.05) is 28.4 Å². The van der Waals surface area contributed by atoms with Crippen molar-refractivity contribution >= 4 is 15.9 Å². The first-order valence-corrected chi connectivity index (χ1v) is 7.53. The van der Waals surface area contributed by atoms with Gasteiger partial charge in [0.2, 0.25) is 0 Å². The van der Waals surface area contributed by atoms with Crippen LogP contribution in [0.3, 0.4) is 0 Å². The minimum Gasteiger partial charge on any atom is -0.493 e. The molecule has 0 aliphatic rings. The van der Waals surface area contributed by atoms with Crippen molar-refractivity contribution in [3.05, 3.63) is 45.9 Å². The molecule has 0 aromatic heterocycles. The zero-order chi connectivity index (χ0) is 16.1. The number of ether oxygens (including phenoxy) is 4. The molecule has 0 heterocycles. The molecule has 0 saturated heterocycles. The molecule has 0 N–H and O–H groups in total. The Morgan fingerprint density at radius 2 is 1.27 bits per heavy atom. The van der Waals surface area contributed by atoms with Crippen LogP contribution in [0.5, 0.6) is 23.0 Å². The number of rotatable bonds is 6. The summed E-state index contributed by atoms with van der Waals surface area (Å²) >= 11 is 3.58. The van der Waals surface area contributed by atoms with Crippen molar-refractivity contribution in [3.8, 4) is 23.0 Å². The van der Waals surface area contributed by atoms with Crippen LogP contribution in [0.1, 0.15) is 11.1 Å². The van der Waals surface area contributed by atoms with Crippen molar-refractivity contribution < 1.29 is 18.9 Å². The van der Waals surface area contributed by atoms with E-state index in [-0.39, 0.29) is 0 Å². The third kappa shape index (κ3) is 3.47. The van der Waals surface area contributed by atoms with Gasteiger partial charge in [-0.2, -0.15) is 0 Å². The third-order valence-electron chi connectivity index (χ3n) is 3.40. The molecule has 0 radical (unpaired) electrons. The standard InChI is InChI=1S/C17H19BrO4/c1-19-14-6-5-11(8-15(14)20-2)7-12-9-16(21-3)17(22-4)10-13(12)18/h5-6,8-10H,7H2,1-4H3. The SMILES string of the molecule is COc1ccc(Cc2cc(OC)c(OC)cc2Br)cc1OC. The van der Waals surface area contributed by atoms with Crippen LogP contribution >= 0.6 is 15.9 Å². The highest BCUT2D eigenvalue weighted by molar-refractivity contribution is 9.10. The quantitative estimate of drug-likeness (QED) is 0.771. The van der Waals surface area contributed by atoms with E-state index in [1.165, 1.54) is 0 Å². The summed E-state index contributed by atoms with van der Waals surface area (Å²) in [5, 5.41) is 0. The second kappa shape index (κ2) is 7.40. The summed E-state index contributed by atoms with van der Waals surface area (Å²) in [4.78, 5) is 0. The molecule has 2 rings (SSSR count). The maximum absolute atomic E-state index is 5.36. The Morgan fingerprint density at radius 1 is 0.727 bits per heavy atom. The molecule has 118 valence electrons. The molecule has 0 saturated carbocycles. The molecule has 4 nitrogen and oxygen atoms in total. The van der Waals surface area contributed by atoms with Gasteiger partial charge in [0, 0.05) is 4.47 Å². The van der Waals surface area contributed by atoms with Gasteiger partial charge in [0.1, 0.15) is 0 Å². The largest absolute Gasteiger partial charge is 0.493 e. The van der Waals surface area contributed by atoms with E-state index in [9.17, 15) is 0 Å². The van der Waals surface area contributed by atoms with Crippen LogP contribution < -0.4 is 18.9 Å². The van der Waals surface area contributed by atoms with Gasteiger partial charge < -0.3 is 18.9 Å². The molecule has 0 fully saturated rings. The van der Waals surface area contributed by atoms with Crippen LogP contribution in [-0.2, 0) is 6.42 Å². The normalized spacial score (nSPS) is 10.2. The molecule has 0 aliphatic carbocycles. The lowest BCUT2D eigenvalue weighted by Crippen LogP contribution is -1.97. The summed E-state index contributed by atoms with van der Waals surface area (Å²) in [6.45, 7) is 0. The van der Waals surface area contributed by atoms with E-state index in [2.05, 4.69) is 15.9 Å². The topological polar surface area (TPSA) is 36.9 Å². The predicted molar refractivity (Wildman–Crippen MR) is 89.6 cm³/mol. The molecule has 0 spiro atoms. The lowest BCUT2D eigenvalue weighted by atomic mass is 10.0. The van der Waals surface area contributed by atoms with Crippen molar-refractivity contribution in [2.45, 2.75) is 6.42 Å². The van der Waals surface area contributed by atoms with E-state index in [0.29, 0.717) is 11.5 Å². The van der Waals surface area contributed by atoms with Crippen LogP contribution in [0.4, 0.5) is 0 Å². The zero-order valence-corrected chi connectivity index (χ0v) is 14.7. The molecular weight excluding hydrogens is 348 g/mol. The minimum atomic E-state index is 0.699. The molecule has 0 unspecified atom stereocenters. The maximum atomic E-state index is 5.36. The Balaban J connectivity index is 2.34. The lowest BCUT2D eigenvalue weighted by molar-refractivity contribution is 0.354. The molecule has 0 amide bonds. The van der Waals surface area contributed by atoms with Gasteiger partial charge >= 0.3 is 0 Å². The number of methoxy groups -OCH3 is 4. The Kier molecular flexibility index (Phi) is 5.55. The van der Waals surface area contributed by atoms with Gasteiger partial charge in [-0.15, -0.1) is 0 Å². The van der Waals surface area contributed by atoms with E-state index in [1.807, 2.05) is 30.3 Å². The zero-order valence-electron chi connectivity index (χ0n) is 13.1. The molecule has 0 aliphatic heterocycles. The minimum absolute atomic E-state index is 0.699. The second-order valence-electron chi connectivity index (χ2n) is 4.66. The number of halogens is 1. The van der Waals surface area contributed by atoms with Gasteiger partial charge in [0.05, 0.1) is 28.4 Å². The molecule has 2 aromatic carbocycles. The lowest BCUT2D eigenvalue weighted by Gasteiger charge is -2.13. The summed E-state index contributed by atoms with van der Waals surface area (Å²) in [7, 11) is 6.51. The second-order valence-corrected chi connectivity index (χ2v) is 5.52. The van der Waals surface area contributed by atoms with E-state index < -0.39 is 0 Å². The summed E-state index contributed by atoms with van der Waals surface area (Å²) in [5.74, 6) is 2.85. The fraction of sp³-hybridized carbons (Fsp3) is 0.294. The average molecular weight is 367 g/mol. The smallest absolute Gasteiger partial charge is 0.161 e. The summed E-state index contributed by atoms with van der Waals surface area (Å²) in [6, 6.07) is 9.78. The molecule has 0 atom stereocenters. The van der Waals surface area contributed by atoms with Crippen LogP contribution in [0.15, 0.2) is 34.8 Å². The van der Waals surface area contributed by atoms with Gasteiger partial charge in [-0.1, -0.05) is 22.0 Å². The van der Waals surface area contributed by atoms with E-state index >= 15 is 0 Å². The van der Waals surface area contributed by atoms with Gasteiger partial charge in [-0.3, -0.25) is 0 Å². The first-order chi connectivity index (χ1) is 10.6. The maximum Gasteiger partial charge on any atom is 0.161 e. The third-order valence-corrected chi connectivity index (χ3v) is 4.13. The van der Waals surface area contributed by atoms with Crippen LogP contribution in [0.2, 0.25) is 0 Å². The molecule has 0 bridgehead atoms. The Bertz CT molecular complexity index is 655. The fourth-order valence-electron chi connectivity index (χ4n) is 2.24. The monoisotopic (exact) mass is 366 g/mol. The van der Waals surface area contributed by atoms with Crippen molar-refractivity contribution in [2.24, 2.45) is 0 Å². The first kappa shape index (κ1) is 16.5. The van der Waals surface area contributed by atoms with Crippen molar-refractivity contribution in [1.82, 2.24) is 0 Å². The molecule has 22 heavy (non-hydrogen) atoms. The molecule has 5 heteroatoms. The van der Waals surface area contributed by atoms with Crippen molar-refractivity contribution in [3.63, 3.8) is 0 Å². The fourth-order valence-corrected chi connectivity index (χ4v) is 2.70. The molecule has 2 aromatic rings. The predicted octanol–water partition coefficient (Wildman–Crippen LogP) is 4.07. The highest BCUT2D eigenvalue weighted by Gasteiger charge is 2.11. The van der Waals surface area contributed by atoms with E-state index in [1.54, 1.807) is 28.4 Å². The Hall–Kier alpha value is -1.88. The average Bonchev–Trinajstić information content (AvgIpc) is 2.56. The number of hydrogen-bond acceptors (Lipinski definition) is 4. The summed E-state index contributed by atoms with van der Waals surface area (Å²) in [5.41, 5.74) is 2.22. The first-order valence-electron chi connectivity index (χ1n) is 6.74. The van der Waals surface area contributed by atoms with Gasteiger partial charge in [0.25, 0.3) is 0 Å². The van der Waals surface area contributed by atoms with Gasteiger partial charge in [0.15, 0.2) is 23.0 Å². The highest BCUT2D eigenvalue weighted by atomic mass is 79.9. The van der Waals surface area contributed by atoms with E-state index in [0.717, 1.165) is 33.5 Å².